The summed E-state index contributed by atoms with van der Waals surface area (Å²) < 4.78 is 0. The molecule has 1 fully saturated rings. The molecular weight excluding hydrogens is 307 g/mol. The Bertz CT molecular complexity index is 480. The van der Waals surface area contributed by atoms with Gasteiger partial charge in [0.15, 0.2) is 0 Å². The molecule has 0 N–H and O–H groups in total. The Morgan fingerprint density at radius 2 is 2.00 bits per heavy atom. The molecule has 5 heteroatoms. The molecule has 2 atom stereocenters. The summed E-state index contributed by atoms with van der Waals surface area (Å²) in [5.41, 5.74) is 0.545. The highest BCUT2D eigenvalue weighted by Crippen LogP contribution is 2.42. The number of alkyl halides is 2. The lowest BCUT2D eigenvalue weighted by Crippen LogP contribution is -2.59. The molecule has 0 spiro atoms. The Balaban J connectivity index is 2.45. The van der Waals surface area contributed by atoms with Crippen molar-refractivity contribution in [2.45, 2.75) is 36.7 Å². The summed E-state index contributed by atoms with van der Waals surface area (Å²) in [6.07, 6.45) is 2.89. The van der Waals surface area contributed by atoms with E-state index in [1.165, 1.54) is 0 Å². The summed E-state index contributed by atoms with van der Waals surface area (Å²) in [7, 11) is 4.03. The lowest BCUT2D eigenvalue weighted by molar-refractivity contribution is -0.120. The van der Waals surface area contributed by atoms with Crippen molar-refractivity contribution in [3.8, 4) is 0 Å². The minimum Gasteiger partial charge on any atom is -0.293 e. The molecule has 0 aromatic heterocycles. The maximum atomic E-state index is 12.7. The maximum Gasteiger partial charge on any atom is 0.229 e. The van der Waals surface area contributed by atoms with E-state index in [9.17, 15) is 4.79 Å². The van der Waals surface area contributed by atoms with Gasteiger partial charge in [-0.2, -0.15) is 0 Å². The fourth-order valence-corrected chi connectivity index (χ4v) is 3.66. The van der Waals surface area contributed by atoms with Crippen molar-refractivity contribution < 1.29 is 4.79 Å². The van der Waals surface area contributed by atoms with Crippen LogP contribution >= 0.6 is 23.2 Å². The quantitative estimate of drug-likeness (QED) is 0.607. The van der Waals surface area contributed by atoms with E-state index >= 15 is 0 Å². The van der Waals surface area contributed by atoms with Crippen LogP contribution in [0.3, 0.4) is 0 Å². The molecule has 0 radical (unpaired) electrons. The van der Waals surface area contributed by atoms with Crippen molar-refractivity contribution in [2.75, 3.05) is 24.9 Å². The van der Waals surface area contributed by atoms with E-state index in [0.29, 0.717) is 12.3 Å². The normalized spacial score (nSPS) is 25.3. The first-order valence-electron chi connectivity index (χ1n) is 7.27. The number of anilines is 1. The number of hydrogen-bond acceptors (Lipinski definition) is 2. The van der Waals surface area contributed by atoms with Gasteiger partial charge in [-0.05, 0) is 39.1 Å². The van der Waals surface area contributed by atoms with Gasteiger partial charge in [0.2, 0.25) is 5.91 Å². The Kier molecular flexibility index (Phi) is 5.53. The molecule has 3 nitrogen and oxygen atoms in total. The standard InChI is InChI=1S/C16H22Cl2N2O/c1-19(2)16(10-8-13(18)12-16)20(15(21)9-11-17)14-6-4-3-5-7-14/h3-7,13H,8-12H2,1-2H3/t13-,16+/m1/s1. The first-order valence-corrected chi connectivity index (χ1v) is 8.24. The number of carbonyl (C=O) groups is 1. The molecule has 2 rings (SSSR count). The van der Waals surface area contributed by atoms with Gasteiger partial charge in [-0.25, -0.2) is 0 Å². The molecule has 116 valence electrons. The summed E-state index contributed by atoms with van der Waals surface area (Å²) in [4.78, 5) is 16.7. The van der Waals surface area contributed by atoms with Crippen LogP contribution < -0.4 is 4.90 Å². The summed E-state index contributed by atoms with van der Waals surface area (Å²) in [6.45, 7) is 0. The van der Waals surface area contributed by atoms with Crippen LogP contribution in [0.15, 0.2) is 30.3 Å². The van der Waals surface area contributed by atoms with Crippen molar-refractivity contribution in [2.24, 2.45) is 0 Å². The fraction of sp³-hybridized carbons (Fsp3) is 0.562. The van der Waals surface area contributed by atoms with E-state index in [2.05, 4.69) is 4.90 Å². The van der Waals surface area contributed by atoms with Gasteiger partial charge in [0.25, 0.3) is 0 Å². The van der Waals surface area contributed by atoms with Crippen LogP contribution in [0, 0.1) is 0 Å². The third-order valence-corrected chi connectivity index (χ3v) is 4.79. The summed E-state index contributed by atoms with van der Waals surface area (Å²) in [5, 5.41) is 0.0995. The minimum atomic E-state index is -0.364. The highest BCUT2D eigenvalue weighted by atomic mass is 35.5. The van der Waals surface area contributed by atoms with E-state index in [1.807, 2.05) is 49.3 Å². The van der Waals surface area contributed by atoms with Crippen LogP contribution in [0.1, 0.15) is 25.7 Å². The average molecular weight is 329 g/mol. The van der Waals surface area contributed by atoms with Crippen LogP contribution in [-0.4, -0.2) is 41.8 Å². The van der Waals surface area contributed by atoms with Crippen LogP contribution in [0.5, 0.6) is 0 Å². The number of carbonyl (C=O) groups excluding carboxylic acids is 1. The molecule has 1 aliphatic rings. The molecule has 0 bridgehead atoms. The van der Waals surface area contributed by atoms with Gasteiger partial charge in [0, 0.05) is 29.8 Å². The van der Waals surface area contributed by atoms with E-state index in [1.54, 1.807) is 0 Å². The first kappa shape index (κ1) is 16.6. The van der Waals surface area contributed by atoms with E-state index in [4.69, 9.17) is 23.2 Å². The summed E-state index contributed by atoms with van der Waals surface area (Å²) in [6, 6.07) is 9.80. The van der Waals surface area contributed by atoms with Crippen molar-refractivity contribution in [3.63, 3.8) is 0 Å². The van der Waals surface area contributed by atoms with Crippen molar-refractivity contribution in [3.05, 3.63) is 30.3 Å². The Morgan fingerprint density at radius 3 is 2.48 bits per heavy atom. The number of benzene rings is 1. The third kappa shape index (κ3) is 3.36. The Labute approximate surface area is 136 Å². The number of hydrogen-bond donors (Lipinski definition) is 0. The number of nitrogens with zero attached hydrogens (tertiary/aromatic N) is 2. The maximum absolute atomic E-state index is 12.7. The average Bonchev–Trinajstić information content (AvgIpc) is 2.84. The molecule has 0 aliphatic heterocycles. The van der Waals surface area contributed by atoms with Crippen LogP contribution in [0.4, 0.5) is 5.69 Å². The summed E-state index contributed by atoms with van der Waals surface area (Å²) >= 11 is 12.2. The molecular formula is C16H22Cl2N2O. The topological polar surface area (TPSA) is 23.6 Å². The predicted octanol–water partition coefficient (Wildman–Crippen LogP) is 3.70. The van der Waals surface area contributed by atoms with Crippen LogP contribution in [0.25, 0.3) is 0 Å². The van der Waals surface area contributed by atoms with Crippen molar-refractivity contribution >= 4 is 34.8 Å². The highest BCUT2D eigenvalue weighted by molar-refractivity contribution is 6.21. The monoisotopic (exact) mass is 328 g/mol. The SMILES string of the molecule is CN(C)[C@]1(N(C(=O)CCCl)c2ccccc2)CC[C@@H](Cl)C1. The van der Waals surface area contributed by atoms with Gasteiger partial charge in [0.1, 0.15) is 5.66 Å². The number of rotatable bonds is 5. The van der Waals surface area contributed by atoms with Crippen molar-refractivity contribution in [1.82, 2.24) is 4.90 Å². The van der Waals surface area contributed by atoms with E-state index < -0.39 is 0 Å². The zero-order valence-electron chi connectivity index (χ0n) is 12.6. The number of halogens is 2. The Hall–Kier alpha value is -0.770. The molecule has 21 heavy (non-hydrogen) atoms. The molecule has 1 saturated carbocycles. The first-order chi connectivity index (χ1) is 10.0. The van der Waals surface area contributed by atoms with E-state index in [-0.39, 0.29) is 16.9 Å². The van der Waals surface area contributed by atoms with Crippen LogP contribution in [0.2, 0.25) is 0 Å². The number of amides is 1. The molecule has 1 amide bonds. The smallest absolute Gasteiger partial charge is 0.229 e. The molecule has 1 aliphatic carbocycles. The van der Waals surface area contributed by atoms with Gasteiger partial charge in [-0.3, -0.25) is 14.6 Å². The Morgan fingerprint density at radius 1 is 1.33 bits per heavy atom. The second-order valence-electron chi connectivity index (χ2n) is 5.72. The predicted molar refractivity (Wildman–Crippen MR) is 89.2 cm³/mol. The van der Waals surface area contributed by atoms with Crippen molar-refractivity contribution in [1.29, 1.82) is 0 Å². The van der Waals surface area contributed by atoms with Gasteiger partial charge in [0.05, 0.1) is 0 Å². The second-order valence-corrected chi connectivity index (χ2v) is 6.72. The van der Waals surface area contributed by atoms with Gasteiger partial charge >= 0.3 is 0 Å². The number of para-hydroxylation sites is 1. The molecule has 0 saturated heterocycles. The largest absolute Gasteiger partial charge is 0.293 e. The molecule has 0 unspecified atom stereocenters. The van der Waals surface area contributed by atoms with Gasteiger partial charge < -0.3 is 0 Å². The zero-order valence-corrected chi connectivity index (χ0v) is 14.1. The van der Waals surface area contributed by atoms with Crippen LogP contribution in [-0.2, 0) is 4.79 Å². The van der Waals surface area contributed by atoms with Gasteiger partial charge in [-0.1, -0.05) is 18.2 Å². The zero-order chi connectivity index (χ0) is 15.5. The fourth-order valence-electron chi connectivity index (χ4n) is 3.14. The van der Waals surface area contributed by atoms with E-state index in [0.717, 1.165) is 24.9 Å². The second kappa shape index (κ2) is 6.99. The third-order valence-electron chi connectivity index (χ3n) is 4.23. The van der Waals surface area contributed by atoms with Gasteiger partial charge in [-0.15, -0.1) is 23.2 Å². The molecule has 1 aromatic rings. The summed E-state index contributed by atoms with van der Waals surface area (Å²) in [5.74, 6) is 0.381. The lowest BCUT2D eigenvalue weighted by Gasteiger charge is -2.46. The molecule has 0 heterocycles. The minimum absolute atomic E-state index is 0.0515. The molecule has 1 aromatic carbocycles. The highest BCUT2D eigenvalue weighted by Gasteiger charge is 2.47. The lowest BCUT2D eigenvalue weighted by atomic mass is 10.0.